The summed E-state index contributed by atoms with van der Waals surface area (Å²) >= 11 is 5.79. The van der Waals surface area contributed by atoms with E-state index in [-0.39, 0.29) is 0 Å². The van der Waals surface area contributed by atoms with Crippen molar-refractivity contribution in [2.24, 2.45) is 0 Å². The maximum atomic E-state index is 10.3. The Morgan fingerprint density at radius 1 is 1.64 bits per heavy atom. The fourth-order valence-corrected chi connectivity index (χ4v) is 1.68. The molecule has 2 rings (SSSR count). The first-order valence-electron chi connectivity index (χ1n) is 4.10. The highest BCUT2D eigenvalue weighted by Gasteiger charge is 2.23. The molecule has 1 aromatic rings. The summed E-state index contributed by atoms with van der Waals surface area (Å²) < 4.78 is 4.60. The van der Waals surface area contributed by atoms with E-state index in [2.05, 4.69) is 10.1 Å². The van der Waals surface area contributed by atoms with Crippen LogP contribution in [0.3, 0.4) is 0 Å². The van der Waals surface area contributed by atoms with Crippen LogP contribution in [0, 0.1) is 0 Å². The van der Waals surface area contributed by atoms with Crippen molar-refractivity contribution in [3.8, 4) is 0 Å². The van der Waals surface area contributed by atoms with Gasteiger partial charge < -0.3 is 15.2 Å². The summed E-state index contributed by atoms with van der Waals surface area (Å²) in [6.45, 7) is 0. The normalized spacial score (nSPS) is 18.5. The number of carboxylic acid groups (broad SMARTS) is 1. The summed E-state index contributed by atoms with van der Waals surface area (Å²) in [6, 6.07) is 5.36. The van der Waals surface area contributed by atoms with Gasteiger partial charge in [-0.3, -0.25) is 0 Å². The van der Waals surface area contributed by atoms with Gasteiger partial charge in [-0.15, -0.1) is 0 Å². The summed E-state index contributed by atoms with van der Waals surface area (Å²) in [4.78, 5) is 10.3. The molecule has 1 aliphatic heterocycles. The van der Waals surface area contributed by atoms with Crippen molar-refractivity contribution in [1.29, 1.82) is 0 Å². The molecule has 0 aromatic heterocycles. The van der Waals surface area contributed by atoms with Gasteiger partial charge in [-0.05, 0) is 23.8 Å². The molecule has 0 saturated carbocycles. The molecule has 74 valence electrons. The van der Waals surface area contributed by atoms with Crippen LogP contribution in [0.15, 0.2) is 18.2 Å². The molecule has 0 spiro atoms. The number of anilines is 1. The van der Waals surface area contributed by atoms with Gasteiger partial charge in [0.25, 0.3) is 0 Å². The van der Waals surface area contributed by atoms with Gasteiger partial charge in [-0.1, -0.05) is 11.6 Å². The molecule has 1 aliphatic rings. The van der Waals surface area contributed by atoms with Crippen molar-refractivity contribution in [2.45, 2.75) is 12.6 Å². The van der Waals surface area contributed by atoms with Crippen molar-refractivity contribution in [2.75, 3.05) is 5.32 Å². The molecular weight excluding hydrogens is 206 g/mol. The van der Waals surface area contributed by atoms with Crippen LogP contribution in [0.2, 0.25) is 5.02 Å². The zero-order valence-corrected chi connectivity index (χ0v) is 7.91. The molecule has 1 aromatic carbocycles. The van der Waals surface area contributed by atoms with Crippen molar-refractivity contribution in [1.82, 2.24) is 0 Å². The Hall–Kier alpha value is -1.42. The zero-order valence-electron chi connectivity index (χ0n) is 7.16. The fraction of sp³-hybridized carbons (Fsp3) is 0.222. The Kier molecular flexibility index (Phi) is 2.21. The number of halogens is 1. The molecule has 0 aliphatic carbocycles. The molecule has 14 heavy (non-hydrogen) atoms. The smallest absolute Gasteiger partial charge is 0.450 e. The second-order valence-corrected chi connectivity index (χ2v) is 3.46. The first kappa shape index (κ1) is 9.15. The van der Waals surface area contributed by atoms with Gasteiger partial charge in [0.1, 0.15) is 0 Å². The van der Waals surface area contributed by atoms with Crippen molar-refractivity contribution >= 4 is 23.4 Å². The van der Waals surface area contributed by atoms with Gasteiger partial charge in [-0.2, -0.15) is 0 Å². The van der Waals surface area contributed by atoms with Gasteiger partial charge in [0.05, 0.1) is 0 Å². The highest BCUT2D eigenvalue weighted by molar-refractivity contribution is 6.30. The third-order valence-electron chi connectivity index (χ3n) is 2.03. The molecular formula is C9H8ClNO3. The van der Waals surface area contributed by atoms with E-state index >= 15 is 0 Å². The number of fused-ring (bicyclic) bond motifs is 1. The largest absolute Gasteiger partial charge is 0.507 e. The van der Waals surface area contributed by atoms with Crippen LogP contribution in [-0.4, -0.2) is 17.5 Å². The van der Waals surface area contributed by atoms with Crippen molar-refractivity contribution in [3.05, 3.63) is 28.8 Å². The molecule has 0 fully saturated rings. The molecule has 0 saturated heterocycles. The van der Waals surface area contributed by atoms with E-state index in [0.29, 0.717) is 11.4 Å². The summed E-state index contributed by atoms with van der Waals surface area (Å²) in [5, 5.41) is 12.0. The van der Waals surface area contributed by atoms with E-state index in [1.165, 1.54) is 0 Å². The molecule has 5 heteroatoms. The zero-order chi connectivity index (χ0) is 10.1. The Labute approximate surface area is 85.4 Å². The van der Waals surface area contributed by atoms with E-state index in [1.54, 1.807) is 12.1 Å². The lowest BCUT2D eigenvalue weighted by Crippen LogP contribution is -2.22. The number of benzene rings is 1. The predicted molar refractivity (Wildman–Crippen MR) is 51.7 cm³/mol. The summed E-state index contributed by atoms with van der Waals surface area (Å²) in [7, 11) is 0. The van der Waals surface area contributed by atoms with Crippen molar-refractivity contribution < 1.29 is 14.6 Å². The number of rotatable bonds is 1. The van der Waals surface area contributed by atoms with Gasteiger partial charge in [0.15, 0.2) is 6.23 Å². The van der Waals surface area contributed by atoms with E-state index in [0.717, 1.165) is 11.3 Å². The monoisotopic (exact) mass is 213 g/mol. The van der Waals surface area contributed by atoms with Gasteiger partial charge in [0.2, 0.25) is 0 Å². The van der Waals surface area contributed by atoms with Gasteiger partial charge in [-0.25, -0.2) is 4.79 Å². The molecule has 2 N–H and O–H groups in total. The van der Waals surface area contributed by atoms with Gasteiger partial charge >= 0.3 is 6.16 Å². The minimum atomic E-state index is -1.28. The lowest BCUT2D eigenvalue weighted by Gasteiger charge is -2.08. The summed E-state index contributed by atoms with van der Waals surface area (Å²) in [5.74, 6) is 0. The van der Waals surface area contributed by atoms with Crippen LogP contribution in [-0.2, 0) is 11.2 Å². The second-order valence-electron chi connectivity index (χ2n) is 3.02. The van der Waals surface area contributed by atoms with Crippen LogP contribution < -0.4 is 5.32 Å². The molecule has 0 bridgehead atoms. The van der Waals surface area contributed by atoms with E-state index in [9.17, 15) is 4.79 Å². The lowest BCUT2D eigenvalue weighted by atomic mass is 10.2. The Morgan fingerprint density at radius 3 is 3.14 bits per heavy atom. The average molecular weight is 214 g/mol. The fourth-order valence-electron chi connectivity index (χ4n) is 1.49. The molecule has 1 heterocycles. The average Bonchev–Trinajstić information content (AvgIpc) is 2.44. The Bertz CT molecular complexity index is 380. The number of nitrogens with one attached hydrogen (secondary N) is 1. The van der Waals surface area contributed by atoms with Crippen LogP contribution >= 0.6 is 11.6 Å². The first-order valence-corrected chi connectivity index (χ1v) is 4.47. The van der Waals surface area contributed by atoms with E-state index in [1.807, 2.05) is 6.07 Å². The van der Waals surface area contributed by atoms with Crippen LogP contribution in [0.1, 0.15) is 5.56 Å². The van der Waals surface area contributed by atoms with Crippen LogP contribution in [0.4, 0.5) is 10.5 Å². The predicted octanol–water partition coefficient (Wildman–Crippen LogP) is 2.33. The second kappa shape index (κ2) is 3.38. The third kappa shape index (κ3) is 1.75. The molecule has 4 nitrogen and oxygen atoms in total. The van der Waals surface area contributed by atoms with E-state index in [4.69, 9.17) is 16.7 Å². The number of ether oxygens (including phenoxy) is 1. The minimum Gasteiger partial charge on any atom is -0.450 e. The first-order chi connectivity index (χ1) is 6.65. The SMILES string of the molecule is O=C(O)OC1Cc2cc(Cl)ccc2N1. The highest BCUT2D eigenvalue weighted by Crippen LogP contribution is 2.28. The number of hydrogen-bond acceptors (Lipinski definition) is 3. The Morgan fingerprint density at radius 2 is 2.43 bits per heavy atom. The number of carbonyl (C=O) groups is 1. The Balaban J connectivity index is 2.14. The quantitative estimate of drug-likeness (QED) is 0.703. The van der Waals surface area contributed by atoms with Crippen LogP contribution in [0.25, 0.3) is 0 Å². The molecule has 0 amide bonds. The molecule has 1 atom stereocenters. The maximum Gasteiger partial charge on any atom is 0.507 e. The van der Waals surface area contributed by atoms with Gasteiger partial charge in [0, 0.05) is 17.1 Å². The minimum absolute atomic E-state index is 0.499. The lowest BCUT2D eigenvalue weighted by molar-refractivity contribution is 0.0651. The maximum absolute atomic E-state index is 10.3. The highest BCUT2D eigenvalue weighted by atomic mass is 35.5. The van der Waals surface area contributed by atoms with Crippen LogP contribution in [0.5, 0.6) is 0 Å². The summed E-state index contributed by atoms with van der Waals surface area (Å²) in [6.07, 6.45) is -1.26. The topological polar surface area (TPSA) is 58.6 Å². The number of hydrogen-bond donors (Lipinski definition) is 2. The van der Waals surface area contributed by atoms with Crippen molar-refractivity contribution in [3.63, 3.8) is 0 Å². The summed E-state index contributed by atoms with van der Waals surface area (Å²) in [5.41, 5.74) is 1.85. The standard InChI is InChI=1S/C9H8ClNO3/c10-6-1-2-7-5(3-6)4-8(11-7)14-9(12)13/h1-3,8,11H,4H2,(H,12,13). The molecule has 1 unspecified atom stereocenters. The van der Waals surface area contributed by atoms with E-state index < -0.39 is 12.4 Å². The third-order valence-corrected chi connectivity index (χ3v) is 2.27. The molecule has 0 radical (unpaired) electrons.